The van der Waals surface area contributed by atoms with E-state index in [1.165, 1.54) is 11.3 Å². The molecule has 0 bridgehead atoms. The van der Waals surface area contributed by atoms with Crippen LogP contribution in [0.1, 0.15) is 5.56 Å². The van der Waals surface area contributed by atoms with Gasteiger partial charge in [-0.2, -0.15) is 5.26 Å². The quantitative estimate of drug-likeness (QED) is 0.616. The van der Waals surface area contributed by atoms with Crippen molar-refractivity contribution in [1.82, 2.24) is 14.5 Å². The zero-order chi connectivity index (χ0) is 16.7. The summed E-state index contributed by atoms with van der Waals surface area (Å²) in [6.45, 7) is 0. The second-order valence-corrected chi connectivity index (χ2v) is 6.34. The lowest BCUT2D eigenvalue weighted by atomic mass is 10.2. The van der Waals surface area contributed by atoms with E-state index in [-0.39, 0.29) is 0 Å². The summed E-state index contributed by atoms with van der Waals surface area (Å²) >= 11 is 1.54. The molecule has 0 aliphatic carbocycles. The maximum Gasteiger partial charge on any atom is 0.188 e. The summed E-state index contributed by atoms with van der Waals surface area (Å²) in [5.74, 6) is 0.663. The number of anilines is 2. The lowest BCUT2D eigenvalue weighted by Gasteiger charge is -2.08. The number of nitrogens with zero attached hydrogens (tertiary/aromatic N) is 4. The molecule has 2 heterocycles. The van der Waals surface area contributed by atoms with Crippen LogP contribution in [-0.4, -0.2) is 21.6 Å². The zero-order valence-electron chi connectivity index (χ0n) is 13.1. The molecule has 0 atom stereocenters. The largest absolute Gasteiger partial charge is 0.495 e. The molecule has 1 N–H and O–H groups in total. The molecule has 6 nitrogen and oxygen atoms in total. The van der Waals surface area contributed by atoms with E-state index in [4.69, 9.17) is 10.00 Å². The Balaban J connectivity index is 1.81. The van der Waals surface area contributed by atoms with E-state index >= 15 is 0 Å². The number of methoxy groups -OCH3 is 1. The molecule has 2 aromatic carbocycles. The second kappa shape index (κ2) is 5.51. The van der Waals surface area contributed by atoms with E-state index < -0.39 is 0 Å². The van der Waals surface area contributed by atoms with Gasteiger partial charge in [0.2, 0.25) is 0 Å². The van der Waals surface area contributed by atoms with Crippen molar-refractivity contribution in [3.63, 3.8) is 0 Å². The number of fused-ring (bicyclic) bond motifs is 3. The number of aromatic nitrogens is 3. The maximum absolute atomic E-state index is 9.08. The number of rotatable bonds is 3. The molecule has 0 unspecified atom stereocenters. The Hall–Kier alpha value is -3.11. The van der Waals surface area contributed by atoms with Gasteiger partial charge in [0.15, 0.2) is 5.13 Å². The number of ether oxygens (including phenoxy) is 1. The van der Waals surface area contributed by atoms with Crippen LogP contribution in [0.2, 0.25) is 0 Å². The molecule has 0 amide bonds. The average molecular weight is 335 g/mol. The molecular formula is C17H13N5OS. The van der Waals surface area contributed by atoms with Crippen molar-refractivity contribution in [3.05, 3.63) is 42.2 Å². The Labute approximate surface area is 142 Å². The van der Waals surface area contributed by atoms with Gasteiger partial charge in [0.1, 0.15) is 16.8 Å². The number of thiazole rings is 1. The molecule has 118 valence electrons. The van der Waals surface area contributed by atoms with Crippen LogP contribution in [0, 0.1) is 11.3 Å². The molecule has 2 aromatic heterocycles. The second-order valence-electron chi connectivity index (χ2n) is 5.31. The third-order valence-corrected chi connectivity index (χ3v) is 4.76. The predicted molar refractivity (Wildman–Crippen MR) is 94.9 cm³/mol. The number of hydrogen-bond acceptors (Lipinski definition) is 6. The van der Waals surface area contributed by atoms with Crippen molar-refractivity contribution in [3.8, 4) is 11.8 Å². The minimum atomic E-state index is 0.562. The van der Waals surface area contributed by atoms with Gasteiger partial charge in [-0.1, -0.05) is 11.3 Å². The summed E-state index contributed by atoms with van der Waals surface area (Å²) in [7, 11) is 3.56. The van der Waals surface area contributed by atoms with Crippen LogP contribution < -0.4 is 10.1 Å². The standard InChI is InChI=1S/C17H13N5OS/c1-22-9-19-15-12(22)4-6-14-16(15)21-17(24-14)20-11-7-10(8-18)3-5-13(11)23-2/h3-7,9H,1-2H3,(H,20,21). The number of aryl methyl sites for hydroxylation is 1. The van der Waals surface area contributed by atoms with Gasteiger partial charge >= 0.3 is 0 Å². The van der Waals surface area contributed by atoms with Crippen LogP contribution >= 0.6 is 11.3 Å². The van der Waals surface area contributed by atoms with Gasteiger partial charge in [0, 0.05) is 7.05 Å². The molecule has 0 fully saturated rings. The number of benzene rings is 2. The van der Waals surface area contributed by atoms with Crippen molar-refractivity contribution in [1.29, 1.82) is 5.26 Å². The highest BCUT2D eigenvalue weighted by atomic mass is 32.1. The van der Waals surface area contributed by atoms with Crippen LogP contribution in [0.25, 0.3) is 21.3 Å². The average Bonchev–Trinajstić information content (AvgIpc) is 3.17. The number of hydrogen-bond donors (Lipinski definition) is 1. The summed E-state index contributed by atoms with van der Waals surface area (Å²) in [4.78, 5) is 9.11. The minimum absolute atomic E-state index is 0.562. The summed E-state index contributed by atoms with van der Waals surface area (Å²) in [6.07, 6.45) is 1.79. The van der Waals surface area contributed by atoms with Crippen LogP contribution in [0.3, 0.4) is 0 Å². The summed E-state index contributed by atoms with van der Waals surface area (Å²) in [5, 5.41) is 13.1. The van der Waals surface area contributed by atoms with Gasteiger partial charge in [0.05, 0.1) is 41.0 Å². The Morgan fingerprint density at radius 3 is 2.92 bits per heavy atom. The topological polar surface area (TPSA) is 75.8 Å². The molecule has 0 aliphatic rings. The zero-order valence-corrected chi connectivity index (χ0v) is 13.9. The molecule has 0 saturated heterocycles. The van der Waals surface area contributed by atoms with Crippen LogP contribution in [0.4, 0.5) is 10.8 Å². The first-order valence-electron chi connectivity index (χ1n) is 7.25. The molecule has 0 radical (unpaired) electrons. The maximum atomic E-state index is 9.08. The third-order valence-electron chi connectivity index (χ3n) is 3.82. The number of nitriles is 1. The van der Waals surface area contributed by atoms with Crippen molar-refractivity contribution in [2.75, 3.05) is 12.4 Å². The number of imidazole rings is 1. The first-order chi connectivity index (χ1) is 11.7. The first-order valence-corrected chi connectivity index (χ1v) is 8.07. The third kappa shape index (κ3) is 2.25. The Morgan fingerprint density at radius 2 is 2.12 bits per heavy atom. The predicted octanol–water partition coefficient (Wildman–Crippen LogP) is 3.81. The van der Waals surface area contributed by atoms with Gasteiger partial charge < -0.3 is 14.6 Å². The molecule has 0 saturated carbocycles. The van der Waals surface area contributed by atoms with Crippen molar-refractivity contribution in [2.24, 2.45) is 7.05 Å². The van der Waals surface area contributed by atoms with Crippen molar-refractivity contribution < 1.29 is 4.74 Å². The fourth-order valence-corrected chi connectivity index (χ4v) is 3.51. The van der Waals surface area contributed by atoms with E-state index in [1.54, 1.807) is 31.6 Å². The highest BCUT2D eigenvalue weighted by Gasteiger charge is 2.12. The fourth-order valence-electron chi connectivity index (χ4n) is 2.63. The van der Waals surface area contributed by atoms with Crippen molar-refractivity contribution in [2.45, 2.75) is 0 Å². The Morgan fingerprint density at radius 1 is 1.25 bits per heavy atom. The minimum Gasteiger partial charge on any atom is -0.495 e. The molecule has 4 aromatic rings. The summed E-state index contributed by atoms with van der Waals surface area (Å²) in [5.41, 5.74) is 4.08. The van der Waals surface area contributed by atoms with Gasteiger partial charge in [-0.25, -0.2) is 9.97 Å². The van der Waals surface area contributed by atoms with Crippen LogP contribution in [-0.2, 0) is 7.05 Å². The lowest BCUT2D eigenvalue weighted by molar-refractivity contribution is 0.417. The normalized spacial score (nSPS) is 10.9. The number of nitrogens with one attached hydrogen (secondary N) is 1. The Kier molecular flexibility index (Phi) is 3.32. The van der Waals surface area contributed by atoms with Gasteiger partial charge in [-0.3, -0.25) is 0 Å². The van der Waals surface area contributed by atoms with E-state index in [2.05, 4.69) is 21.4 Å². The van der Waals surface area contributed by atoms with Crippen molar-refractivity contribution >= 4 is 43.4 Å². The van der Waals surface area contributed by atoms with Gasteiger partial charge in [0.25, 0.3) is 0 Å². The highest BCUT2D eigenvalue weighted by Crippen LogP contribution is 2.35. The lowest BCUT2D eigenvalue weighted by Crippen LogP contribution is -1.94. The molecular weight excluding hydrogens is 322 g/mol. The summed E-state index contributed by atoms with van der Waals surface area (Å²) < 4.78 is 8.38. The van der Waals surface area contributed by atoms with Gasteiger partial charge in [-0.05, 0) is 30.3 Å². The first kappa shape index (κ1) is 14.5. The molecule has 4 rings (SSSR count). The Bertz CT molecular complexity index is 1110. The van der Waals surface area contributed by atoms with E-state index in [0.29, 0.717) is 17.0 Å². The highest BCUT2D eigenvalue weighted by molar-refractivity contribution is 7.22. The monoisotopic (exact) mass is 335 g/mol. The SMILES string of the molecule is COc1ccc(C#N)cc1Nc1nc2c(ccc3c2ncn3C)s1. The van der Waals surface area contributed by atoms with E-state index in [1.807, 2.05) is 23.7 Å². The molecule has 24 heavy (non-hydrogen) atoms. The molecule has 7 heteroatoms. The smallest absolute Gasteiger partial charge is 0.188 e. The van der Waals surface area contributed by atoms with Crippen LogP contribution in [0.15, 0.2) is 36.7 Å². The van der Waals surface area contributed by atoms with E-state index in [9.17, 15) is 0 Å². The fraction of sp³-hybridized carbons (Fsp3) is 0.118. The summed E-state index contributed by atoms with van der Waals surface area (Å²) in [6, 6.07) is 11.5. The van der Waals surface area contributed by atoms with E-state index in [0.717, 1.165) is 26.4 Å². The van der Waals surface area contributed by atoms with Crippen LogP contribution in [0.5, 0.6) is 5.75 Å². The molecule has 0 aliphatic heterocycles. The molecule has 0 spiro atoms. The van der Waals surface area contributed by atoms with Gasteiger partial charge in [-0.15, -0.1) is 0 Å².